The molecular weight excluding hydrogens is 358 g/mol. The fourth-order valence-electron chi connectivity index (χ4n) is 2.97. The van der Waals surface area contributed by atoms with E-state index in [9.17, 15) is 4.79 Å². The Kier molecular flexibility index (Phi) is 5.88. The van der Waals surface area contributed by atoms with Crippen LogP contribution in [0.4, 0.5) is 5.69 Å². The number of aromatic amines is 1. The molecule has 1 aromatic heterocycles. The monoisotopic (exact) mass is 381 g/mol. The number of rotatable bonds is 7. The van der Waals surface area contributed by atoms with Gasteiger partial charge in [0.05, 0.1) is 14.2 Å². The number of methoxy groups -OCH3 is 2. The average Bonchev–Trinajstić information content (AvgIpc) is 3.24. The lowest BCUT2D eigenvalue weighted by atomic mass is 9.96. The van der Waals surface area contributed by atoms with Gasteiger partial charge in [-0.15, -0.1) is 10.2 Å². The highest BCUT2D eigenvalue weighted by Crippen LogP contribution is 2.30. The smallest absolute Gasteiger partial charge is 0.235 e. The van der Waals surface area contributed by atoms with E-state index in [0.29, 0.717) is 23.7 Å². The van der Waals surface area contributed by atoms with Crippen LogP contribution >= 0.6 is 0 Å². The molecule has 1 heterocycles. The zero-order valence-corrected chi connectivity index (χ0v) is 16.3. The summed E-state index contributed by atoms with van der Waals surface area (Å²) < 4.78 is 10.7. The number of nitrogens with zero attached hydrogens (tertiary/aromatic N) is 3. The summed E-state index contributed by atoms with van der Waals surface area (Å²) in [5, 5.41) is 17.1. The minimum atomic E-state index is -0.638. The summed E-state index contributed by atoms with van der Waals surface area (Å²) in [6.45, 7) is 3.98. The van der Waals surface area contributed by atoms with E-state index in [2.05, 4.69) is 25.9 Å². The first-order valence-corrected chi connectivity index (χ1v) is 8.84. The van der Waals surface area contributed by atoms with Gasteiger partial charge in [-0.2, -0.15) is 5.21 Å². The molecule has 3 rings (SSSR count). The Bertz CT molecular complexity index is 956. The maximum absolute atomic E-state index is 13.1. The van der Waals surface area contributed by atoms with Crippen molar-refractivity contribution in [1.82, 2.24) is 20.6 Å². The van der Waals surface area contributed by atoms with Crippen LogP contribution in [0.2, 0.25) is 0 Å². The van der Waals surface area contributed by atoms with E-state index in [1.165, 1.54) is 0 Å². The summed E-state index contributed by atoms with van der Waals surface area (Å²) >= 11 is 0. The zero-order chi connectivity index (χ0) is 20.1. The fraction of sp³-hybridized carbons (Fsp3) is 0.300. The molecule has 0 spiro atoms. The van der Waals surface area contributed by atoms with Gasteiger partial charge in [-0.1, -0.05) is 23.4 Å². The maximum Gasteiger partial charge on any atom is 0.235 e. The molecule has 28 heavy (non-hydrogen) atoms. The molecular formula is C20H23N5O3. The number of carbonyl (C=O) groups is 1. The first-order chi connectivity index (χ1) is 13.5. The molecule has 146 valence electrons. The second kappa shape index (κ2) is 8.51. The van der Waals surface area contributed by atoms with E-state index in [-0.39, 0.29) is 5.91 Å². The second-order valence-corrected chi connectivity index (χ2v) is 6.44. The molecule has 0 aliphatic heterocycles. The van der Waals surface area contributed by atoms with Gasteiger partial charge in [0.25, 0.3) is 0 Å². The number of H-pyrrole nitrogens is 1. The van der Waals surface area contributed by atoms with Crippen molar-refractivity contribution >= 4 is 11.6 Å². The molecule has 0 unspecified atom stereocenters. The van der Waals surface area contributed by atoms with E-state index in [0.717, 1.165) is 22.4 Å². The van der Waals surface area contributed by atoms with Gasteiger partial charge in [-0.05, 0) is 49.1 Å². The number of tetrazole rings is 1. The Morgan fingerprint density at radius 3 is 2.68 bits per heavy atom. The summed E-state index contributed by atoms with van der Waals surface area (Å²) in [6.07, 6.45) is 0.351. The zero-order valence-electron chi connectivity index (χ0n) is 16.3. The second-order valence-electron chi connectivity index (χ2n) is 6.44. The summed E-state index contributed by atoms with van der Waals surface area (Å²) in [5.74, 6) is 0.776. The molecule has 0 fully saturated rings. The highest BCUT2D eigenvalue weighted by Gasteiger charge is 2.27. The Hall–Kier alpha value is -3.42. The van der Waals surface area contributed by atoms with Gasteiger partial charge < -0.3 is 14.8 Å². The summed E-state index contributed by atoms with van der Waals surface area (Å²) in [4.78, 5) is 13.1. The lowest BCUT2D eigenvalue weighted by molar-refractivity contribution is -0.117. The summed E-state index contributed by atoms with van der Waals surface area (Å²) in [5.41, 5.74) is 3.73. The molecule has 2 N–H and O–H groups in total. The first kappa shape index (κ1) is 19.3. The summed E-state index contributed by atoms with van der Waals surface area (Å²) in [7, 11) is 3.17. The number of ether oxygens (including phenoxy) is 2. The Balaban J connectivity index is 1.90. The van der Waals surface area contributed by atoms with E-state index in [1.54, 1.807) is 20.3 Å². The number of anilines is 1. The van der Waals surface area contributed by atoms with Crippen LogP contribution in [-0.2, 0) is 11.2 Å². The fourth-order valence-corrected chi connectivity index (χ4v) is 2.97. The quantitative estimate of drug-likeness (QED) is 0.652. The third kappa shape index (κ3) is 4.11. The van der Waals surface area contributed by atoms with Crippen molar-refractivity contribution in [2.75, 3.05) is 19.5 Å². The number of benzene rings is 2. The number of aromatic nitrogens is 4. The third-order valence-corrected chi connectivity index (χ3v) is 4.77. The molecule has 8 nitrogen and oxygen atoms in total. The van der Waals surface area contributed by atoms with Crippen molar-refractivity contribution in [3.05, 3.63) is 58.9 Å². The molecule has 0 saturated carbocycles. The van der Waals surface area contributed by atoms with Crippen LogP contribution in [0.25, 0.3) is 0 Å². The average molecular weight is 381 g/mol. The molecule has 1 amide bonds. The van der Waals surface area contributed by atoms with E-state index in [4.69, 9.17) is 9.47 Å². The van der Waals surface area contributed by atoms with Crippen molar-refractivity contribution < 1.29 is 14.3 Å². The lowest BCUT2D eigenvalue weighted by Gasteiger charge is -2.17. The summed E-state index contributed by atoms with van der Waals surface area (Å²) in [6, 6.07) is 11.3. The first-order valence-electron chi connectivity index (χ1n) is 8.84. The molecule has 0 aliphatic rings. The van der Waals surface area contributed by atoms with Crippen molar-refractivity contribution in [2.45, 2.75) is 26.2 Å². The van der Waals surface area contributed by atoms with Crippen molar-refractivity contribution in [3.8, 4) is 11.5 Å². The SMILES string of the molecule is COc1ccc(C[C@@H](C(=O)Nc2cccc(C)c2C)c2nn[nH]n2)c(OC)c1. The number of amides is 1. The largest absolute Gasteiger partial charge is 0.497 e. The third-order valence-electron chi connectivity index (χ3n) is 4.77. The van der Waals surface area contributed by atoms with E-state index >= 15 is 0 Å². The Labute approximate surface area is 163 Å². The van der Waals surface area contributed by atoms with Gasteiger partial charge >= 0.3 is 0 Å². The minimum Gasteiger partial charge on any atom is -0.497 e. The van der Waals surface area contributed by atoms with Gasteiger partial charge in [0.2, 0.25) is 5.91 Å². The van der Waals surface area contributed by atoms with E-state index in [1.807, 2.05) is 44.2 Å². The van der Waals surface area contributed by atoms with E-state index < -0.39 is 5.92 Å². The van der Waals surface area contributed by atoms with Gasteiger partial charge in [-0.3, -0.25) is 4.79 Å². The standard InChI is InChI=1S/C20H23N5O3/c1-12-6-5-7-17(13(12)2)21-20(26)16(19-22-24-25-23-19)10-14-8-9-15(27-3)11-18(14)28-4/h5-9,11,16H,10H2,1-4H3,(H,21,26)(H,22,23,24,25)/t16-/m1/s1. The molecule has 2 aromatic carbocycles. The van der Waals surface area contributed by atoms with Crippen molar-refractivity contribution in [3.63, 3.8) is 0 Å². The van der Waals surface area contributed by atoms with Crippen molar-refractivity contribution in [2.24, 2.45) is 0 Å². The van der Waals surface area contributed by atoms with Crippen LogP contribution in [0.3, 0.4) is 0 Å². The highest BCUT2D eigenvalue weighted by atomic mass is 16.5. The topological polar surface area (TPSA) is 102 Å². The maximum atomic E-state index is 13.1. The molecule has 0 radical (unpaired) electrons. The molecule has 0 bridgehead atoms. The van der Waals surface area contributed by atoms with Gasteiger partial charge in [-0.25, -0.2) is 0 Å². The van der Waals surface area contributed by atoms with Crippen LogP contribution in [0, 0.1) is 13.8 Å². The number of carbonyl (C=O) groups excluding carboxylic acids is 1. The van der Waals surface area contributed by atoms with Crippen LogP contribution in [0.5, 0.6) is 11.5 Å². The normalized spacial score (nSPS) is 11.7. The van der Waals surface area contributed by atoms with Crippen LogP contribution in [-0.4, -0.2) is 40.8 Å². The van der Waals surface area contributed by atoms with Gasteiger partial charge in [0, 0.05) is 11.8 Å². The van der Waals surface area contributed by atoms with Crippen LogP contribution in [0.1, 0.15) is 28.4 Å². The number of nitrogens with one attached hydrogen (secondary N) is 2. The predicted octanol–water partition coefficient (Wildman–Crippen LogP) is 2.80. The molecule has 8 heteroatoms. The molecule has 1 atom stereocenters. The number of hydrogen-bond acceptors (Lipinski definition) is 6. The molecule has 0 aliphatic carbocycles. The molecule has 0 saturated heterocycles. The highest BCUT2D eigenvalue weighted by molar-refractivity contribution is 5.96. The Morgan fingerprint density at radius 1 is 1.18 bits per heavy atom. The van der Waals surface area contributed by atoms with Gasteiger partial charge in [0.1, 0.15) is 17.4 Å². The number of aryl methyl sites for hydroxylation is 1. The molecule has 3 aromatic rings. The number of hydrogen-bond donors (Lipinski definition) is 2. The predicted molar refractivity (Wildman–Crippen MR) is 105 cm³/mol. The van der Waals surface area contributed by atoms with Crippen LogP contribution < -0.4 is 14.8 Å². The minimum absolute atomic E-state index is 0.215. The van der Waals surface area contributed by atoms with Crippen LogP contribution in [0.15, 0.2) is 36.4 Å². The van der Waals surface area contributed by atoms with Gasteiger partial charge in [0.15, 0.2) is 5.82 Å². The lowest BCUT2D eigenvalue weighted by Crippen LogP contribution is -2.25. The van der Waals surface area contributed by atoms with Crippen molar-refractivity contribution in [1.29, 1.82) is 0 Å². The Morgan fingerprint density at radius 2 is 2.00 bits per heavy atom.